The summed E-state index contributed by atoms with van der Waals surface area (Å²) in [6.45, 7) is 3.10. The highest BCUT2D eigenvalue weighted by atomic mass is 19.1. The topological polar surface area (TPSA) is 64.4 Å². The Balaban J connectivity index is 2.18. The molecule has 5 nitrogen and oxygen atoms in total. The first-order valence-electron chi connectivity index (χ1n) is 6.34. The molecule has 0 aromatic heterocycles. The molecule has 2 amide bonds. The second-order valence-electron chi connectivity index (χ2n) is 4.50. The van der Waals surface area contributed by atoms with Crippen LogP contribution in [0.4, 0.5) is 4.39 Å². The second-order valence-corrected chi connectivity index (χ2v) is 4.50. The van der Waals surface area contributed by atoms with Crippen molar-refractivity contribution in [2.75, 3.05) is 19.6 Å². The number of carbonyl (C=O) groups is 2. The van der Waals surface area contributed by atoms with E-state index in [0.29, 0.717) is 19.6 Å². The van der Waals surface area contributed by atoms with Crippen molar-refractivity contribution < 1.29 is 14.0 Å². The van der Waals surface area contributed by atoms with Crippen molar-refractivity contribution in [3.05, 3.63) is 35.1 Å². The zero-order valence-electron chi connectivity index (χ0n) is 11.1. The maximum atomic E-state index is 13.9. The van der Waals surface area contributed by atoms with Crippen LogP contribution in [0.5, 0.6) is 0 Å². The largest absolute Gasteiger partial charge is 0.333 e. The van der Waals surface area contributed by atoms with Crippen LogP contribution in [0.3, 0.4) is 0 Å². The van der Waals surface area contributed by atoms with E-state index in [9.17, 15) is 14.0 Å². The first-order chi connectivity index (χ1) is 9.58. The Labute approximate surface area is 116 Å². The van der Waals surface area contributed by atoms with Crippen LogP contribution in [0.1, 0.15) is 18.1 Å². The number of hydrogen-bond donors (Lipinski definition) is 0. The predicted molar refractivity (Wildman–Crippen MR) is 68.8 cm³/mol. The van der Waals surface area contributed by atoms with Crippen molar-refractivity contribution in [3.63, 3.8) is 0 Å². The number of nitrogens with zero attached hydrogens (tertiary/aromatic N) is 3. The molecule has 20 heavy (non-hydrogen) atoms. The highest BCUT2D eigenvalue weighted by molar-refractivity contribution is 6.35. The molecular weight excluding hydrogens is 261 g/mol. The van der Waals surface area contributed by atoms with Crippen LogP contribution in [0.2, 0.25) is 0 Å². The number of likely N-dealkylation sites (N-methyl/N-ethyl adjacent to an activating group) is 1. The maximum absolute atomic E-state index is 13.9. The molecule has 0 N–H and O–H groups in total. The fourth-order valence-corrected chi connectivity index (χ4v) is 2.16. The molecule has 0 bridgehead atoms. The van der Waals surface area contributed by atoms with Crippen molar-refractivity contribution in [2.24, 2.45) is 0 Å². The van der Waals surface area contributed by atoms with E-state index >= 15 is 0 Å². The third-order valence-electron chi connectivity index (χ3n) is 3.34. The lowest BCUT2D eigenvalue weighted by Crippen LogP contribution is -2.53. The van der Waals surface area contributed by atoms with Gasteiger partial charge in [-0.15, -0.1) is 0 Å². The summed E-state index contributed by atoms with van der Waals surface area (Å²) in [5.41, 5.74) is 0.184. The Kier molecular flexibility index (Phi) is 3.99. The molecule has 0 unspecified atom stereocenters. The van der Waals surface area contributed by atoms with Gasteiger partial charge < -0.3 is 9.80 Å². The van der Waals surface area contributed by atoms with E-state index in [-0.39, 0.29) is 17.7 Å². The summed E-state index contributed by atoms with van der Waals surface area (Å²) in [4.78, 5) is 26.4. The van der Waals surface area contributed by atoms with Crippen LogP contribution in [-0.4, -0.2) is 41.2 Å². The summed E-state index contributed by atoms with van der Waals surface area (Å²) in [6, 6.07) is 6.21. The molecule has 104 valence electrons. The molecule has 0 aliphatic carbocycles. The van der Waals surface area contributed by atoms with E-state index < -0.39 is 17.6 Å². The van der Waals surface area contributed by atoms with Crippen LogP contribution in [0.15, 0.2) is 18.2 Å². The Morgan fingerprint density at radius 3 is 2.55 bits per heavy atom. The van der Waals surface area contributed by atoms with Gasteiger partial charge in [0.2, 0.25) is 0 Å². The Bertz CT molecular complexity index is 595. The maximum Gasteiger partial charge on any atom is 0.312 e. The smallest absolute Gasteiger partial charge is 0.312 e. The van der Waals surface area contributed by atoms with Gasteiger partial charge in [0.05, 0.1) is 5.56 Å². The molecule has 1 aliphatic rings. The molecule has 1 aromatic rings. The Hall–Kier alpha value is -2.42. The number of rotatable bonds is 3. The first-order valence-corrected chi connectivity index (χ1v) is 6.34. The highest BCUT2D eigenvalue weighted by Gasteiger charge is 2.31. The number of piperazine rings is 1. The van der Waals surface area contributed by atoms with Gasteiger partial charge in [-0.1, -0.05) is 12.1 Å². The van der Waals surface area contributed by atoms with Crippen LogP contribution in [0, 0.1) is 17.1 Å². The van der Waals surface area contributed by atoms with E-state index in [1.165, 1.54) is 21.9 Å². The van der Waals surface area contributed by atoms with Crippen molar-refractivity contribution in [1.82, 2.24) is 9.80 Å². The van der Waals surface area contributed by atoms with Crippen molar-refractivity contribution >= 4 is 11.8 Å². The van der Waals surface area contributed by atoms with Crippen LogP contribution < -0.4 is 0 Å². The average molecular weight is 275 g/mol. The molecule has 1 heterocycles. The third-order valence-corrected chi connectivity index (χ3v) is 3.34. The van der Waals surface area contributed by atoms with Crippen LogP contribution in [-0.2, 0) is 16.1 Å². The Morgan fingerprint density at radius 2 is 1.90 bits per heavy atom. The minimum atomic E-state index is -0.631. The monoisotopic (exact) mass is 275 g/mol. The molecule has 1 fully saturated rings. The average Bonchev–Trinajstić information content (AvgIpc) is 2.46. The summed E-state index contributed by atoms with van der Waals surface area (Å²) < 4.78 is 13.9. The minimum absolute atomic E-state index is 0.00345. The molecular formula is C14H14FN3O2. The fraction of sp³-hybridized carbons (Fsp3) is 0.357. The van der Waals surface area contributed by atoms with Crippen LogP contribution >= 0.6 is 0 Å². The van der Waals surface area contributed by atoms with E-state index in [1.807, 2.05) is 0 Å². The van der Waals surface area contributed by atoms with E-state index in [2.05, 4.69) is 0 Å². The number of hydrogen-bond acceptors (Lipinski definition) is 3. The number of benzene rings is 1. The molecule has 0 radical (unpaired) electrons. The van der Waals surface area contributed by atoms with Gasteiger partial charge in [-0.25, -0.2) is 4.39 Å². The summed E-state index contributed by atoms with van der Waals surface area (Å²) in [5.74, 6) is -1.82. The molecule has 2 rings (SSSR count). The van der Waals surface area contributed by atoms with Gasteiger partial charge in [-0.3, -0.25) is 9.59 Å². The van der Waals surface area contributed by atoms with E-state index in [4.69, 9.17) is 5.26 Å². The number of halogens is 1. The number of amides is 2. The van der Waals surface area contributed by atoms with Gasteiger partial charge in [0.25, 0.3) is 0 Å². The first kappa shape index (κ1) is 14.0. The lowest BCUT2D eigenvalue weighted by molar-refractivity contribution is -0.156. The quantitative estimate of drug-likeness (QED) is 0.769. The van der Waals surface area contributed by atoms with Crippen molar-refractivity contribution in [2.45, 2.75) is 13.5 Å². The van der Waals surface area contributed by atoms with Crippen LogP contribution in [0.25, 0.3) is 0 Å². The number of carbonyl (C=O) groups excluding carboxylic acids is 2. The summed E-state index contributed by atoms with van der Waals surface area (Å²) in [6.07, 6.45) is 0. The van der Waals surface area contributed by atoms with Gasteiger partial charge in [0.15, 0.2) is 0 Å². The van der Waals surface area contributed by atoms with Gasteiger partial charge in [-0.05, 0) is 13.0 Å². The highest BCUT2D eigenvalue weighted by Crippen LogP contribution is 2.16. The zero-order valence-corrected chi connectivity index (χ0v) is 11.1. The fourth-order valence-electron chi connectivity index (χ4n) is 2.16. The molecule has 1 aliphatic heterocycles. The normalized spacial score (nSPS) is 15.4. The lowest BCUT2D eigenvalue weighted by Gasteiger charge is -2.33. The van der Waals surface area contributed by atoms with E-state index in [0.717, 1.165) is 0 Å². The van der Waals surface area contributed by atoms with Crippen molar-refractivity contribution in [3.8, 4) is 6.07 Å². The molecule has 6 heteroatoms. The Morgan fingerprint density at radius 1 is 1.25 bits per heavy atom. The van der Waals surface area contributed by atoms with Gasteiger partial charge in [-0.2, -0.15) is 5.26 Å². The summed E-state index contributed by atoms with van der Waals surface area (Å²) >= 11 is 0. The standard InChI is InChI=1S/C14H14FN3O2/c1-2-17-6-7-18(14(20)13(17)19)9-11-5-3-4-10(8-16)12(11)15/h3-5H,2,6-7,9H2,1H3. The molecule has 0 spiro atoms. The summed E-state index contributed by atoms with van der Waals surface area (Å²) in [7, 11) is 0. The summed E-state index contributed by atoms with van der Waals surface area (Å²) in [5, 5.41) is 8.78. The van der Waals surface area contributed by atoms with Gasteiger partial charge >= 0.3 is 11.8 Å². The molecule has 1 saturated heterocycles. The molecule has 0 atom stereocenters. The van der Waals surface area contributed by atoms with Gasteiger partial charge in [0.1, 0.15) is 11.9 Å². The number of nitriles is 1. The van der Waals surface area contributed by atoms with Crippen molar-refractivity contribution in [1.29, 1.82) is 5.26 Å². The third kappa shape index (κ3) is 2.48. The van der Waals surface area contributed by atoms with Gasteiger partial charge in [0, 0.05) is 31.7 Å². The predicted octanol–water partition coefficient (Wildman–Crippen LogP) is 0.888. The lowest BCUT2D eigenvalue weighted by atomic mass is 10.1. The SMILES string of the molecule is CCN1CCN(Cc2cccc(C#N)c2F)C(=O)C1=O. The second kappa shape index (κ2) is 5.70. The zero-order chi connectivity index (χ0) is 14.7. The molecule has 0 saturated carbocycles. The molecule has 1 aromatic carbocycles. The minimum Gasteiger partial charge on any atom is -0.333 e. The van der Waals surface area contributed by atoms with E-state index in [1.54, 1.807) is 19.1 Å².